The lowest BCUT2D eigenvalue weighted by molar-refractivity contribution is 0.155. The van der Waals surface area contributed by atoms with Gasteiger partial charge in [0.25, 0.3) is 6.43 Å². The van der Waals surface area contributed by atoms with Gasteiger partial charge >= 0.3 is 0 Å². The van der Waals surface area contributed by atoms with Gasteiger partial charge in [-0.05, 0) is 13.8 Å². The molecular weight excluding hydrogens is 286 g/mol. The van der Waals surface area contributed by atoms with Crippen molar-refractivity contribution in [1.29, 1.82) is 0 Å². The van der Waals surface area contributed by atoms with E-state index < -0.39 is 6.43 Å². The number of rotatable bonds is 5. The van der Waals surface area contributed by atoms with Crippen molar-refractivity contribution in [2.45, 2.75) is 20.3 Å². The normalized spacial score (nSPS) is 11.1. The van der Waals surface area contributed by atoms with Crippen molar-refractivity contribution in [2.24, 2.45) is 0 Å². The maximum atomic E-state index is 12.3. The minimum absolute atomic E-state index is 0.252. The van der Waals surface area contributed by atoms with E-state index in [0.717, 1.165) is 10.6 Å². The summed E-state index contributed by atoms with van der Waals surface area (Å²) in [6.45, 7) is 4.14. The quantitative estimate of drug-likeness (QED) is 0.776. The molecule has 0 bridgehead atoms. The molecule has 1 heterocycles. The van der Waals surface area contributed by atoms with Crippen LogP contribution in [0.25, 0.3) is 0 Å². The predicted molar refractivity (Wildman–Crippen MR) is 63.6 cm³/mol. The Bertz CT molecular complexity index is 298. The second-order valence-corrected chi connectivity index (χ2v) is 5.14. The molecule has 86 valence electrons. The Morgan fingerprint density at radius 2 is 2.13 bits per heavy atom. The van der Waals surface area contributed by atoms with Crippen LogP contribution in [0.4, 0.5) is 13.9 Å². The van der Waals surface area contributed by atoms with Gasteiger partial charge in [-0.3, -0.25) is 0 Å². The molecular formula is C9H13BrF2N2S. The first kappa shape index (κ1) is 12.8. The molecule has 0 atom stereocenters. The van der Waals surface area contributed by atoms with Gasteiger partial charge in [-0.25, -0.2) is 13.8 Å². The Balaban J connectivity index is 2.78. The van der Waals surface area contributed by atoms with Crippen LogP contribution in [-0.4, -0.2) is 29.8 Å². The molecule has 0 fully saturated rings. The molecule has 0 spiro atoms. The molecule has 1 aromatic heterocycles. The van der Waals surface area contributed by atoms with Crippen LogP contribution in [0.1, 0.15) is 10.6 Å². The van der Waals surface area contributed by atoms with Crippen molar-refractivity contribution in [3.8, 4) is 0 Å². The smallest absolute Gasteiger partial charge is 0.255 e. The van der Waals surface area contributed by atoms with Gasteiger partial charge in [-0.15, -0.1) is 11.3 Å². The summed E-state index contributed by atoms with van der Waals surface area (Å²) in [6, 6.07) is 0. The highest BCUT2D eigenvalue weighted by Gasteiger charge is 2.16. The lowest BCUT2D eigenvalue weighted by atomic mass is 10.4. The molecule has 1 rings (SSSR count). The molecule has 1 aromatic rings. The molecule has 0 aliphatic rings. The van der Waals surface area contributed by atoms with Gasteiger partial charge in [0.1, 0.15) is 0 Å². The molecule has 0 saturated carbocycles. The third kappa shape index (κ3) is 3.68. The highest BCUT2D eigenvalue weighted by molar-refractivity contribution is 9.09. The zero-order chi connectivity index (χ0) is 11.4. The number of aromatic nitrogens is 1. The van der Waals surface area contributed by atoms with Crippen LogP contribution < -0.4 is 4.90 Å². The maximum Gasteiger partial charge on any atom is 0.255 e. The van der Waals surface area contributed by atoms with Crippen molar-refractivity contribution in [3.05, 3.63) is 10.6 Å². The molecule has 2 nitrogen and oxygen atoms in total. The first-order chi connectivity index (χ1) is 7.04. The maximum absolute atomic E-state index is 12.3. The number of halogens is 3. The third-order valence-electron chi connectivity index (χ3n) is 2.00. The van der Waals surface area contributed by atoms with Crippen molar-refractivity contribution >= 4 is 32.4 Å². The molecule has 0 amide bonds. The highest BCUT2D eigenvalue weighted by Crippen LogP contribution is 2.25. The number of hydrogen-bond donors (Lipinski definition) is 0. The van der Waals surface area contributed by atoms with Crippen LogP contribution in [0.2, 0.25) is 0 Å². The Morgan fingerprint density at radius 1 is 1.47 bits per heavy atom. The molecule has 0 aromatic carbocycles. The fourth-order valence-corrected chi connectivity index (χ4v) is 2.50. The summed E-state index contributed by atoms with van der Waals surface area (Å²) in [6.07, 6.45) is -2.33. The second kappa shape index (κ2) is 5.75. The Kier molecular flexibility index (Phi) is 4.92. The Morgan fingerprint density at radius 3 is 2.53 bits per heavy atom. The largest absolute Gasteiger partial charge is 0.342 e. The van der Waals surface area contributed by atoms with Crippen LogP contribution in [0.15, 0.2) is 0 Å². The standard InChI is InChI=1S/C9H13BrF2N2S/c1-6-7(2)15-9(13-6)14(4-3-10)5-8(11)12/h8H,3-5H2,1-2H3. The van der Waals surface area contributed by atoms with E-state index in [0.29, 0.717) is 17.0 Å². The first-order valence-corrected chi connectivity index (χ1v) is 6.51. The second-order valence-electron chi connectivity index (χ2n) is 3.16. The first-order valence-electron chi connectivity index (χ1n) is 4.57. The van der Waals surface area contributed by atoms with Gasteiger partial charge in [0.15, 0.2) is 5.13 Å². The van der Waals surface area contributed by atoms with Crippen LogP contribution in [-0.2, 0) is 0 Å². The molecule has 6 heteroatoms. The summed E-state index contributed by atoms with van der Waals surface area (Å²) in [5.74, 6) is 0. The van der Waals surface area contributed by atoms with E-state index in [2.05, 4.69) is 20.9 Å². The predicted octanol–water partition coefficient (Wildman–Crippen LogP) is 3.23. The minimum Gasteiger partial charge on any atom is -0.342 e. The van der Waals surface area contributed by atoms with Gasteiger partial charge < -0.3 is 4.90 Å². The number of thiazole rings is 1. The van der Waals surface area contributed by atoms with Crippen molar-refractivity contribution < 1.29 is 8.78 Å². The topological polar surface area (TPSA) is 16.1 Å². The fraction of sp³-hybridized carbons (Fsp3) is 0.667. The minimum atomic E-state index is -2.33. The van der Waals surface area contributed by atoms with Crippen LogP contribution in [0.5, 0.6) is 0 Å². The summed E-state index contributed by atoms with van der Waals surface area (Å²) in [7, 11) is 0. The zero-order valence-electron chi connectivity index (χ0n) is 8.64. The van der Waals surface area contributed by atoms with E-state index in [4.69, 9.17) is 0 Å². The fourth-order valence-electron chi connectivity index (χ4n) is 1.12. The zero-order valence-corrected chi connectivity index (χ0v) is 11.0. The number of anilines is 1. The van der Waals surface area contributed by atoms with Gasteiger partial charge in [-0.2, -0.15) is 0 Å². The van der Waals surface area contributed by atoms with Gasteiger partial charge in [0, 0.05) is 16.8 Å². The number of alkyl halides is 3. The van der Waals surface area contributed by atoms with Crippen molar-refractivity contribution in [1.82, 2.24) is 4.98 Å². The van der Waals surface area contributed by atoms with E-state index in [1.807, 2.05) is 13.8 Å². The van der Waals surface area contributed by atoms with Gasteiger partial charge in [-0.1, -0.05) is 15.9 Å². The number of nitrogens with zero attached hydrogens (tertiary/aromatic N) is 2. The summed E-state index contributed by atoms with van der Waals surface area (Å²) >= 11 is 4.72. The Labute approximate surface area is 100 Å². The van der Waals surface area contributed by atoms with Crippen molar-refractivity contribution in [2.75, 3.05) is 23.3 Å². The van der Waals surface area contributed by atoms with Gasteiger partial charge in [0.2, 0.25) is 0 Å². The van der Waals surface area contributed by atoms with Crippen LogP contribution in [0, 0.1) is 13.8 Å². The molecule has 0 aliphatic heterocycles. The lowest BCUT2D eigenvalue weighted by Crippen LogP contribution is -2.30. The average Bonchev–Trinajstić information content (AvgIpc) is 2.46. The number of aryl methyl sites for hydroxylation is 2. The monoisotopic (exact) mass is 298 g/mol. The molecule has 0 unspecified atom stereocenters. The molecule has 15 heavy (non-hydrogen) atoms. The van der Waals surface area contributed by atoms with E-state index in [1.165, 1.54) is 11.3 Å². The van der Waals surface area contributed by atoms with Crippen LogP contribution in [0.3, 0.4) is 0 Å². The molecule has 0 radical (unpaired) electrons. The summed E-state index contributed by atoms with van der Waals surface area (Å²) in [4.78, 5) is 6.97. The average molecular weight is 299 g/mol. The molecule has 0 N–H and O–H groups in total. The van der Waals surface area contributed by atoms with E-state index >= 15 is 0 Å². The van der Waals surface area contributed by atoms with E-state index in [9.17, 15) is 8.78 Å². The van der Waals surface area contributed by atoms with E-state index in [1.54, 1.807) is 4.90 Å². The summed E-state index contributed by atoms with van der Waals surface area (Å²) < 4.78 is 24.6. The lowest BCUT2D eigenvalue weighted by Gasteiger charge is -2.19. The van der Waals surface area contributed by atoms with Crippen LogP contribution >= 0.6 is 27.3 Å². The SMILES string of the molecule is Cc1nc(N(CCBr)CC(F)F)sc1C. The molecule has 0 saturated heterocycles. The molecule has 0 aliphatic carbocycles. The van der Waals surface area contributed by atoms with Gasteiger partial charge in [0.05, 0.1) is 12.2 Å². The third-order valence-corrected chi connectivity index (χ3v) is 3.49. The summed E-state index contributed by atoms with van der Waals surface area (Å²) in [5.41, 5.74) is 0.920. The van der Waals surface area contributed by atoms with Crippen molar-refractivity contribution in [3.63, 3.8) is 0 Å². The summed E-state index contributed by atoms with van der Waals surface area (Å²) in [5, 5.41) is 1.35. The highest BCUT2D eigenvalue weighted by atomic mass is 79.9. The number of hydrogen-bond acceptors (Lipinski definition) is 3. The Hall–Kier alpha value is -0.230. The van der Waals surface area contributed by atoms with E-state index in [-0.39, 0.29) is 6.54 Å².